The molecule has 2 saturated heterocycles. The maximum Gasteiger partial charge on any atom is 0.262 e. The summed E-state index contributed by atoms with van der Waals surface area (Å²) in [6.45, 7) is 6.04. The summed E-state index contributed by atoms with van der Waals surface area (Å²) < 4.78 is 12.5. The van der Waals surface area contributed by atoms with Crippen molar-refractivity contribution in [3.8, 4) is 39.4 Å². The number of methoxy groups -OCH3 is 1. The molecule has 5 aromatic rings. The highest BCUT2D eigenvalue weighted by Gasteiger charge is 2.32. The number of pyridine rings is 2. The van der Waals surface area contributed by atoms with Gasteiger partial charge in [-0.2, -0.15) is 0 Å². The van der Waals surface area contributed by atoms with E-state index in [1.807, 2.05) is 60.7 Å². The van der Waals surface area contributed by atoms with Gasteiger partial charge in [-0.05, 0) is 30.2 Å². The number of nitrogens with zero attached hydrogens (tertiary/aromatic N) is 3. The Kier molecular flexibility index (Phi) is 9.90. The molecule has 3 N–H and O–H groups in total. The fourth-order valence-electron chi connectivity index (χ4n) is 6.50. The minimum atomic E-state index is -0.110. The van der Waals surface area contributed by atoms with Gasteiger partial charge in [0.05, 0.1) is 36.1 Å². The Morgan fingerprint density at radius 2 is 1.68 bits per heavy atom. The first-order chi connectivity index (χ1) is 24.2. The molecule has 2 aliphatic heterocycles. The number of nitrogens with one attached hydrogen (secondary N) is 3. The molecule has 0 unspecified atom stereocenters. The molecule has 12 heteroatoms. The molecule has 2 fully saturated rings. The molecule has 0 saturated carbocycles. The molecule has 0 spiro atoms. The van der Waals surface area contributed by atoms with Crippen LogP contribution in [0.5, 0.6) is 5.88 Å². The summed E-state index contributed by atoms with van der Waals surface area (Å²) in [5.41, 5.74) is 6.58. The molecule has 50 heavy (non-hydrogen) atoms. The third-order valence-corrected chi connectivity index (χ3v) is 10.2. The quantitative estimate of drug-likeness (QED) is 0.146. The number of ether oxygens (including phenoxy) is 2. The molecule has 0 aliphatic carbocycles. The van der Waals surface area contributed by atoms with E-state index in [2.05, 4.69) is 27.9 Å². The fourth-order valence-corrected chi connectivity index (χ4v) is 7.16. The van der Waals surface area contributed by atoms with E-state index in [0.29, 0.717) is 58.9 Å². The first kappa shape index (κ1) is 34.1. The van der Waals surface area contributed by atoms with Crippen molar-refractivity contribution in [2.45, 2.75) is 38.9 Å². The molecule has 5 heterocycles. The second-order valence-corrected chi connectivity index (χ2v) is 14.0. The Bertz CT molecular complexity index is 2130. The minimum Gasteiger partial charge on any atom is -0.481 e. The summed E-state index contributed by atoms with van der Waals surface area (Å²) in [4.78, 5) is 34.2. The highest BCUT2D eigenvalue weighted by molar-refractivity contribution is 6.39. The van der Waals surface area contributed by atoms with Gasteiger partial charge in [-0.15, -0.1) is 0 Å². The maximum atomic E-state index is 13.3. The zero-order chi connectivity index (χ0) is 34.8. The Morgan fingerprint density at radius 3 is 2.38 bits per heavy atom. The number of aromatic nitrogens is 3. The van der Waals surface area contributed by atoms with Crippen LogP contribution in [0.25, 0.3) is 39.2 Å². The van der Waals surface area contributed by atoms with E-state index >= 15 is 0 Å². The van der Waals surface area contributed by atoms with Crippen LogP contribution in [0.2, 0.25) is 10.0 Å². The monoisotopic (exact) mass is 712 g/mol. The van der Waals surface area contributed by atoms with E-state index in [9.17, 15) is 9.59 Å². The molecule has 0 bridgehead atoms. The highest BCUT2D eigenvalue weighted by atomic mass is 35.5. The molecule has 2 aromatic carbocycles. The Balaban J connectivity index is 1.12. The summed E-state index contributed by atoms with van der Waals surface area (Å²) in [5.74, 6) is 0.594. The number of benzene rings is 2. The number of hydrogen-bond donors (Lipinski definition) is 3. The summed E-state index contributed by atoms with van der Waals surface area (Å²) in [5, 5.41) is 10.8. The van der Waals surface area contributed by atoms with Gasteiger partial charge in [-0.3, -0.25) is 14.0 Å². The Labute approximate surface area is 300 Å². The Morgan fingerprint density at radius 1 is 0.960 bits per heavy atom. The zero-order valence-electron chi connectivity index (χ0n) is 27.9. The zero-order valence-corrected chi connectivity index (χ0v) is 29.4. The lowest BCUT2D eigenvalue weighted by Crippen LogP contribution is -2.47. The largest absolute Gasteiger partial charge is 0.481 e. The van der Waals surface area contributed by atoms with Gasteiger partial charge in [0.1, 0.15) is 5.65 Å². The van der Waals surface area contributed by atoms with Gasteiger partial charge in [0.2, 0.25) is 11.8 Å². The van der Waals surface area contributed by atoms with Crippen LogP contribution in [0, 0.1) is 5.41 Å². The van der Waals surface area contributed by atoms with Crippen LogP contribution < -0.4 is 26.2 Å². The van der Waals surface area contributed by atoms with Crippen molar-refractivity contribution in [3.05, 3.63) is 105 Å². The number of carbonyl (C=O) groups excluding carboxylic acids is 1. The average molecular weight is 714 g/mol. The van der Waals surface area contributed by atoms with Crippen LogP contribution in [0.3, 0.4) is 0 Å². The molecular formula is C38H38Cl2N6O4. The summed E-state index contributed by atoms with van der Waals surface area (Å²) in [6.07, 6.45) is 4.78. The van der Waals surface area contributed by atoms with Gasteiger partial charge in [0.25, 0.3) is 5.56 Å². The highest BCUT2D eigenvalue weighted by Crippen LogP contribution is 2.42. The van der Waals surface area contributed by atoms with Crippen LogP contribution in [-0.2, 0) is 22.6 Å². The normalized spacial score (nSPS) is 16.7. The van der Waals surface area contributed by atoms with Gasteiger partial charge in [0.15, 0.2) is 0 Å². The van der Waals surface area contributed by atoms with E-state index < -0.39 is 0 Å². The predicted molar refractivity (Wildman–Crippen MR) is 196 cm³/mol. The summed E-state index contributed by atoms with van der Waals surface area (Å²) >= 11 is 14.2. The summed E-state index contributed by atoms with van der Waals surface area (Å²) in [7, 11) is 1.60. The number of halogens is 2. The molecule has 7 rings (SSSR count). The van der Waals surface area contributed by atoms with Crippen molar-refractivity contribution in [1.29, 1.82) is 0 Å². The van der Waals surface area contributed by atoms with Gasteiger partial charge in [-0.1, -0.05) is 72.6 Å². The SMILES string of the molecule is COc1nc(-c2cccc(-c3cccc(-c4ccn5c(=O)c(CNCC6(C)COC6)cnc5c4)c3Cl)c2Cl)ccc1CNC[C@H]1CCC(=O)N1. The van der Waals surface area contributed by atoms with E-state index in [1.54, 1.807) is 23.9 Å². The number of carbonyl (C=O) groups is 1. The molecule has 258 valence electrons. The lowest BCUT2D eigenvalue weighted by Gasteiger charge is -2.38. The first-order valence-electron chi connectivity index (χ1n) is 16.6. The second-order valence-electron chi connectivity index (χ2n) is 13.3. The van der Waals surface area contributed by atoms with Crippen molar-refractivity contribution in [3.63, 3.8) is 0 Å². The smallest absolute Gasteiger partial charge is 0.262 e. The number of rotatable bonds is 12. The van der Waals surface area contributed by atoms with Gasteiger partial charge >= 0.3 is 0 Å². The van der Waals surface area contributed by atoms with Gasteiger partial charge in [-0.25, -0.2) is 9.97 Å². The van der Waals surface area contributed by atoms with Crippen LogP contribution >= 0.6 is 23.2 Å². The molecule has 1 amide bonds. The predicted octanol–water partition coefficient (Wildman–Crippen LogP) is 5.90. The van der Waals surface area contributed by atoms with Crippen molar-refractivity contribution in [2.24, 2.45) is 5.41 Å². The van der Waals surface area contributed by atoms with Gasteiger partial charge < -0.3 is 25.4 Å². The molecule has 3 aromatic heterocycles. The molecule has 0 radical (unpaired) electrons. The lowest BCUT2D eigenvalue weighted by atomic mass is 9.89. The van der Waals surface area contributed by atoms with Crippen molar-refractivity contribution >= 4 is 34.8 Å². The summed E-state index contributed by atoms with van der Waals surface area (Å²) in [6, 6.07) is 19.4. The van der Waals surface area contributed by atoms with Crippen LogP contribution in [0.4, 0.5) is 0 Å². The van der Waals surface area contributed by atoms with E-state index in [-0.39, 0.29) is 22.9 Å². The van der Waals surface area contributed by atoms with E-state index in [1.165, 1.54) is 0 Å². The van der Waals surface area contributed by atoms with Gasteiger partial charge in [0, 0.05) is 89.8 Å². The molecular weight excluding hydrogens is 675 g/mol. The molecule has 1 atom stereocenters. The molecule has 2 aliphatic rings. The lowest BCUT2D eigenvalue weighted by molar-refractivity contribution is -0.119. The third-order valence-electron chi connectivity index (χ3n) is 9.35. The number of fused-ring (bicyclic) bond motifs is 1. The van der Waals surface area contributed by atoms with Crippen molar-refractivity contribution in [1.82, 2.24) is 30.3 Å². The van der Waals surface area contributed by atoms with E-state index in [4.69, 9.17) is 37.7 Å². The first-order valence-corrected chi connectivity index (χ1v) is 17.4. The fraction of sp³-hybridized carbons (Fsp3) is 0.316. The van der Waals surface area contributed by atoms with Crippen molar-refractivity contribution < 1.29 is 14.3 Å². The standard InChI is InChI=1S/C38H38Cl2N6O4/c1-38(21-50-22-38)20-42-17-25-18-43-32-15-23(13-14-46(32)37(25)48)27-5-3-6-28(34(27)39)29-7-4-8-30(35(29)40)31-11-9-24(36(45-31)49-2)16-41-19-26-10-12-33(47)44-26/h3-9,11,13-15,18,26,41-42H,10,12,16-17,19-22H2,1-2H3,(H,44,47)/t26-/m1/s1. The Hall–Kier alpha value is -4.32. The molecule has 10 nitrogen and oxygen atoms in total. The number of amides is 1. The van der Waals surface area contributed by atoms with E-state index in [0.717, 1.165) is 59.6 Å². The van der Waals surface area contributed by atoms with Crippen LogP contribution in [0.15, 0.2) is 77.9 Å². The minimum absolute atomic E-state index is 0.0967. The average Bonchev–Trinajstić information content (AvgIpc) is 3.53. The van der Waals surface area contributed by atoms with Crippen LogP contribution in [0.1, 0.15) is 30.9 Å². The maximum absolute atomic E-state index is 13.3. The third kappa shape index (κ3) is 6.99. The number of hydrogen-bond acceptors (Lipinski definition) is 8. The topological polar surface area (TPSA) is 119 Å². The second kappa shape index (κ2) is 14.5. The van der Waals surface area contributed by atoms with Crippen molar-refractivity contribution in [2.75, 3.05) is 33.4 Å². The van der Waals surface area contributed by atoms with Crippen LogP contribution in [-0.4, -0.2) is 59.7 Å².